The number of fused-ring (bicyclic) bond motifs is 1. The van der Waals surface area contributed by atoms with Crippen LogP contribution in [0.25, 0.3) is 16.9 Å². The van der Waals surface area contributed by atoms with Gasteiger partial charge in [-0.15, -0.1) is 0 Å². The number of aliphatic hydroxyl groups is 1. The molecule has 0 atom stereocenters. The van der Waals surface area contributed by atoms with Crippen molar-refractivity contribution in [2.45, 2.75) is 57.2 Å². The largest absolute Gasteiger partial charge is 0.390 e. The Hall–Kier alpha value is -3.55. The lowest BCUT2D eigenvalue weighted by Gasteiger charge is -2.36. The summed E-state index contributed by atoms with van der Waals surface area (Å²) < 4.78 is 6.89. The Morgan fingerprint density at radius 1 is 1.14 bits per heavy atom. The van der Waals surface area contributed by atoms with E-state index in [0.29, 0.717) is 41.5 Å². The Kier molecular flexibility index (Phi) is 6.13. The third kappa shape index (κ3) is 4.83. The molecule has 10 heteroatoms. The highest BCUT2D eigenvalue weighted by molar-refractivity contribution is 5.99. The molecule has 2 aliphatic rings. The predicted octanol–water partition coefficient (Wildman–Crippen LogP) is 2.56. The van der Waals surface area contributed by atoms with Crippen LogP contribution in [-0.4, -0.2) is 61.7 Å². The van der Waals surface area contributed by atoms with Crippen LogP contribution in [0.2, 0.25) is 0 Å². The van der Waals surface area contributed by atoms with Crippen LogP contribution in [0.1, 0.15) is 55.5 Å². The average molecular weight is 476 g/mol. The minimum Gasteiger partial charge on any atom is -0.390 e. The molecule has 1 aliphatic carbocycles. The first kappa shape index (κ1) is 23.2. The first-order valence-corrected chi connectivity index (χ1v) is 11.9. The van der Waals surface area contributed by atoms with Gasteiger partial charge in [0.15, 0.2) is 11.5 Å². The summed E-state index contributed by atoms with van der Waals surface area (Å²) in [4.78, 5) is 22.1. The maximum Gasteiger partial charge on any atom is 0.255 e. The van der Waals surface area contributed by atoms with Crippen molar-refractivity contribution in [2.24, 2.45) is 5.92 Å². The van der Waals surface area contributed by atoms with Crippen LogP contribution in [0, 0.1) is 17.2 Å². The monoisotopic (exact) mass is 475 g/mol. The number of nitriles is 1. The topological polar surface area (TPSA) is 138 Å². The third-order valence-electron chi connectivity index (χ3n) is 6.95. The summed E-state index contributed by atoms with van der Waals surface area (Å²) in [5.41, 5.74) is 1.46. The zero-order valence-corrected chi connectivity index (χ0v) is 19.9. The van der Waals surface area contributed by atoms with Crippen LogP contribution in [-0.2, 0) is 4.74 Å². The molecule has 5 rings (SSSR count). The number of amides is 1. The average Bonchev–Trinajstić information content (AvgIpc) is 3.24. The lowest BCUT2D eigenvalue weighted by Crippen LogP contribution is -2.43. The lowest BCUT2D eigenvalue weighted by atomic mass is 9.77. The maximum atomic E-state index is 13.2. The highest BCUT2D eigenvalue weighted by atomic mass is 16.5. The number of rotatable bonds is 6. The minimum atomic E-state index is -0.696. The molecular weight excluding hydrogens is 446 g/mol. The van der Waals surface area contributed by atoms with Gasteiger partial charge in [-0.05, 0) is 51.5 Å². The van der Waals surface area contributed by atoms with E-state index in [1.165, 1.54) is 6.20 Å². The van der Waals surface area contributed by atoms with E-state index in [1.54, 1.807) is 29.2 Å². The van der Waals surface area contributed by atoms with Gasteiger partial charge in [0.05, 0.1) is 47.9 Å². The van der Waals surface area contributed by atoms with E-state index in [1.807, 2.05) is 13.8 Å². The number of hydrogen-bond donors (Lipinski definition) is 3. The maximum absolute atomic E-state index is 13.2. The molecule has 3 aromatic rings. The number of anilines is 1. The Morgan fingerprint density at radius 3 is 2.57 bits per heavy atom. The normalized spacial score (nSPS) is 20.7. The fourth-order valence-corrected chi connectivity index (χ4v) is 4.76. The van der Waals surface area contributed by atoms with Crippen LogP contribution < -0.4 is 10.6 Å². The summed E-state index contributed by atoms with van der Waals surface area (Å²) in [7, 11) is 0. The molecule has 0 bridgehead atoms. The van der Waals surface area contributed by atoms with Crippen molar-refractivity contribution in [1.82, 2.24) is 25.1 Å². The van der Waals surface area contributed by atoms with Crippen molar-refractivity contribution in [3.8, 4) is 11.9 Å². The zero-order chi connectivity index (χ0) is 24.6. The summed E-state index contributed by atoms with van der Waals surface area (Å²) in [6, 6.07) is 5.78. The summed E-state index contributed by atoms with van der Waals surface area (Å²) in [5, 5.41) is 31.1. The van der Waals surface area contributed by atoms with E-state index < -0.39 is 5.60 Å². The van der Waals surface area contributed by atoms with Gasteiger partial charge in [0.1, 0.15) is 6.07 Å². The Morgan fingerprint density at radius 2 is 1.91 bits per heavy atom. The molecule has 1 aliphatic heterocycles. The number of ether oxygens (including phenoxy) is 1. The second-order valence-corrected chi connectivity index (χ2v) is 9.95. The molecule has 0 aromatic carbocycles. The van der Waals surface area contributed by atoms with Crippen LogP contribution in [0.5, 0.6) is 0 Å². The smallest absolute Gasteiger partial charge is 0.255 e. The fraction of sp³-hybridized carbons (Fsp3) is 0.480. The first-order valence-electron chi connectivity index (χ1n) is 11.9. The molecule has 1 saturated carbocycles. The van der Waals surface area contributed by atoms with Gasteiger partial charge in [-0.25, -0.2) is 9.97 Å². The molecular formula is C25H29N7O3. The van der Waals surface area contributed by atoms with Gasteiger partial charge in [0, 0.05) is 29.9 Å². The Labute approximate surface area is 203 Å². The van der Waals surface area contributed by atoms with Crippen molar-refractivity contribution in [2.75, 3.05) is 18.5 Å². The summed E-state index contributed by atoms with van der Waals surface area (Å²) in [6.07, 6.45) is 8.13. The van der Waals surface area contributed by atoms with Gasteiger partial charge >= 0.3 is 0 Å². The van der Waals surface area contributed by atoms with Crippen molar-refractivity contribution in [3.05, 3.63) is 41.9 Å². The van der Waals surface area contributed by atoms with Crippen molar-refractivity contribution in [1.29, 1.82) is 5.26 Å². The SMILES string of the molecule is CC(C)(O)C1CCC(NC(=O)c2cnc(-n3ncc4cc(C#N)cnc43)cc2NC2COC2)CC1. The predicted molar refractivity (Wildman–Crippen MR) is 129 cm³/mol. The van der Waals surface area contributed by atoms with Gasteiger partial charge in [0.2, 0.25) is 0 Å². The van der Waals surface area contributed by atoms with Crippen LogP contribution in [0.4, 0.5) is 5.69 Å². The summed E-state index contributed by atoms with van der Waals surface area (Å²) in [5.74, 6) is 0.581. The molecule has 1 amide bonds. The number of carbonyl (C=O) groups is 1. The highest BCUT2D eigenvalue weighted by Gasteiger charge is 2.32. The van der Waals surface area contributed by atoms with Crippen LogP contribution in [0.3, 0.4) is 0 Å². The molecule has 35 heavy (non-hydrogen) atoms. The molecule has 0 spiro atoms. The molecule has 182 valence electrons. The van der Waals surface area contributed by atoms with E-state index >= 15 is 0 Å². The third-order valence-corrected chi connectivity index (χ3v) is 6.95. The van der Waals surface area contributed by atoms with Crippen LogP contribution >= 0.6 is 0 Å². The number of aromatic nitrogens is 4. The number of nitrogens with zero attached hydrogens (tertiary/aromatic N) is 5. The van der Waals surface area contributed by atoms with Gasteiger partial charge in [-0.2, -0.15) is 15.0 Å². The molecule has 3 N–H and O–H groups in total. The summed E-state index contributed by atoms with van der Waals surface area (Å²) >= 11 is 0. The molecule has 2 fully saturated rings. The van der Waals surface area contributed by atoms with E-state index in [-0.39, 0.29) is 23.9 Å². The second kappa shape index (κ2) is 9.24. The van der Waals surface area contributed by atoms with Gasteiger partial charge < -0.3 is 20.5 Å². The zero-order valence-electron chi connectivity index (χ0n) is 19.9. The molecule has 4 heterocycles. The van der Waals surface area contributed by atoms with Crippen molar-refractivity contribution in [3.63, 3.8) is 0 Å². The molecule has 1 saturated heterocycles. The summed E-state index contributed by atoms with van der Waals surface area (Å²) in [6.45, 7) is 4.85. The Bertz CT molecular complexity index is 1280. The van der Waals surface area contributed by atoms with Crippen molar-refractivity contribution >= 4 is 22.6 Å². The molecule has 10 nitrogen and oxygen atoms in total. The molecule has 0 radical (unpaired) electrons. The fourth-order valence-electron chi connectivity index (χ4n) is 4.76. The van der Waals surface area contributed by atoms with E-state index in [9.17, 15) is 9.90 Å². The standard InChI is InChI=1S/C25H29N7O3/c1-25(2,34)17-3-5-18(6-4-17)31-24(33)20-12-27-22(8-21(20)30-19-13-35-14-19)32-23-16(11-29-32)7-15(9-26)10-28-23/h7-8,10-12,17-19,34H,3-6,13-14H2,1-2H3,(H,27,30)(H,31,33). The number of hydrogen-bond acceptors (Lipinski definition) is 8. The second-order valence-electron chi connectivity index (χ2n) is 9.95. The van der Waals surface area contributed by atoms with Gasteiger partial charge in [0.25, 0.3) is 5.91 Å². The lowest BCUT2D eigenvalue weighted by molar-refractivity contribution is -0.00257. The van der Waals surface area contributed by atoms with Crippen molar-refractivity contribution < 1.29 is 14.6 Å². The Balaban J connectivity index is 1.38. The van der Waals surface area contributed by atoms with Gasteiger partial charge in [-0.1, -0.05) is 0 Å². The molecule has 3 aromatic heterocycles. The number of nitrogens with one attached hydrogen (secondary N) is 2. The van der Waals surface area contributed by atoms with E-state index in [2.05, 4.69) is 31.8 Å². The first-order chi connectivity index (χ1) is 16.8. The number of pyridine rings is 2. The minimum absolute atomic E-state index is 0.0641. The van der Waals surface area contributed by atoms with E-state index in [0.717, 1.165) is 31.1 Å². The highest BCUT2D eigenvalue weighted by Crippen LogP contribution is 2.33. The van der Waals surface area contributed by atoms with Gasteiger partial charge in [-0.3, -0.25) is 4.79 Å². The van der Waals surface area contributed by atoms with Crippen LogP contribution in [0.15, 0.2) is 30.7 Å². The quantitative estimate of drug-likeness (QED) is 0.495. The molecule has 0 unspecified atom stereocenters. The van der Waals surface area contributed by atoms with E-state index in [4.69, 9.17) is 10.00 Å². The number of carbonyl (C=O) groups excluding carboxylic acids is 1.